The molecule has 1 aliphatic rings. The van der Waals surface area contributed by atoms with Crippen LogP contribution in [0.2, 0.25) is 5.02 Å². The van der Waals surface area contributed by atoms with Gasteiger partial charge in [0.2, 0.25) is 5.91 Å². The van der Waals surface area contributed by atoms with E-state index < -0.39 is 0 Å². The maximum Gasteiger partial charge on any atom is 0.246 e. The SMILES string of the molecule is O=C(/C=C/c1cn(-c2ccccc2)nc1-c1ccc(Cl)cc1)N1CCN(c2ccccn2)CC1. The average Bonchev–Trinajstić information content (AvgIpc) is 3.33. The zero-order chi connectivity index (χ0) is 23.3. The van der Waals surface area contributed by atoms with Gasteiger partial charge < -0.3 is 9.80 Å². The number of rotatable bonds is 5. The van der Waals surface area contributed by atoms with Gasteiger partial charge in [-0.2, -0.15) is 5.10 Å². The Labute approximate surface area is 203 Å². The van der Waals surface area contributed by atoms with Crippen LogP contribution >= 0.6 is 11.6 Å². The largest absolute Gasteiger partial charge is 0.353 e. The first-order valence-electron chi connectivity index (χ1n) is 11.2. The quantitative estimate of drug-likeness (QED) is 0.388. The molecule has 170 valence electrons. The standard InChI is InChI=1S/C27H24ClN5O/c28-23-12-9-21(10-13-23)27-22(20-33(30-27)24-6-2-1-3-7-24)11-14-26(34)32-18-16-31(17-19-32)25-8-4-5-15-29-25/h1-15,20H,16-19H2/b14-11+. The number of para-hydroxylation sites is 1. The molecule has 0 radical (unpaired) electrons. The van der Waals surface area contributed by atoms with Gasteiger partial charge in [-0.15, -0.1) is 0 Å². The van der Waals surface area contributed by atoms with Crippen molar-refractivity contribution in [3.05, 3.63) is 102 Å². The smallest absolute Gasteiger partial charge is 0.246 e. The minimum Gasteiger partial charge on any atom is -0.353 e. The summed E-state index contributed by atoms with van der Waals surface area (Å²) >= 11 is 6.08. The first-order chi connectivity index (χ1) is 16.7. The molecule has 4 aromatic rings. The molecule has 6 nitrogen and oxygen atoms in total. The highest BCUT2D eigenvalue weighted by Gasteiger charge is 2.20. The fourth-order valence-corrected chi connectivity index (χ4v) is 4.14. The molecule has 0 unspecified atom stereocenters. The Hall–Kier alpha value is -3.90. The van der Waals surface area contributed by atoms with Crippen molar-refractivity contribution in [3.8, 4) is 16.9 Å². The second kappa shape index (κ2) is 9.93. The number of halogens is 1. The Kier molecular flexibility index (Phi) is 6.40. The van der Waals surface area contributed by atoms with Crippen molar-refractivity contribution in [2.24, 2.45) is 0 Å². The van der Waals surface area contributed by atoms with Crippen LogP contribution in [-0.2, 0) is 4.79 Å². The van der Waals surface area contributed by atoms with Gasteiger partial charge in [0, 0.05) is 60.8 Å². The Balaban J connectivity index is 1.34. The summed E-state index contributed by atoms with van der Waals surface area (Å²) in [6, 6.07) is 23.4. The summed E-state index contributed by atoms with van der Waals surface area (Å²) in [5.74, 6) is 0.946. The van der Waals surface area contributed by atoms with Crippen LogP contribution in [0.25, 0.3) is 23.0 Å². The van der Waals surface area contributed by atoms with E-state index in [1.54, 1.807) is 12.3 Å². The summed E-state index contributed by atoms with van der Waals surface area (Å²) < 4.78 is 1.83. The third-order valence-corrected chi connectivity index (χ3v) is 6.10. The van der Waals surface area contributed by atoms with Crippen LogP contribution in [-0.4, -0.2) is 51.8 Å². The molecule has 0 atom stereocenters. The molecule has 3 heterocycles. The molecule has 1 amide bonds. The van der Waals surface area contributed by atoms with Gasteiger partial charge in [-0.25, -0.2) is 9.67 Å². The molecular weight excluding hydrogens is 446 g/mol. The third-order valence-electron chi connectivity index (χ3n) is 5.85. The zero-order valence-electron chi connectivity index (χ0n) is 18.6. The van der Waals surface area contributed by atoms with Gasteiger partial charge >= 0.3 is 0 Å². The molecule has 0 spiro atoms. The lowest BCUT2D eigenvalue weighted by molar-refractivity contribution is -0.126. The molecule has 1 saturated heterocycles. The number of hydrogen-bond acceptors (Lipinski definition) is 4. The van der Waals surface area contributed by atoms with Gasteiger partial charge in [0.1, 0.15) is 5.82 Å². The average molecular weight is 470 g/mol. The van der Waals surface area contributed by atoms with Crippen molar-refractivity contribution in [1.29, 1.82) is 0 Å². The number of pyridine rings is 1. The molecule has 5 rings (SSSR count). The van der Waals surface area contributed by atoms with E-state index in [0.29, 0.717) is 18.1 Å². The fraction of sp³-hybridized carbons (Fsp3) is 0.148. The van der Waals surface area contributed by atoms with Crippen LogP contribution < -0.4 is 4.90 Å². The van der Waals surface area contributed by atoms with E-state index in [4.69, 9.17) is 16.7 Å². The summed E-state index contributed by atoms with van der Waals surface area (Å²) in [4.78, 5) is 21.4. The van der Waals surface area contributed by atoms with E-state index in [2.05, 4.69) is 9.88 Å². The van der Waals surface area contributed by atoms with Crippen molar-refractivity contribution in [2.75, 3.05) is 31.1 Å². The molecular formula is C27H24ClN5O. The molecule has 0 bridgehead atoms. The normalized spacial score (nSPS) is 14.0. The molecule has 2 aromatic heterocycles. The van der Waals surface area contributed by atoms with Gasteiger partial charge in [-0.3, -0.25) is 4.79 Å². The minimum atomic E-state index is -0.00446. The number of aromatic nitrogens is 3. The van der Waals surface area contributed by atoms with E-state index >= 15 is 0 Å². The number of nitrogens with zero attached hydrogens (tertiary/aromatic N) is 5. The lowest BCUT2D eigenvalue weighted by Gasteiger charge is -2.34. The number of carbonyl (C=O) groups excluding carboxylic acids is 1. The van der Waals surface area contributed by atoms with Gasteiger partial charge in [-0.05, 0) is 42.5 Å². The number of amides is 1. The van der Waals surface area contributed by atoms with Crippen molar-refractivity contribution >= 4 is 29.4 Å². The predicted octanol–water partition coefficient (Wildman–Crippen LogP) is 4.95. The van der Waals surface area contributed by atoms with E-state index in [1.807, 2.05) is 94.7 Å². The second-order valence-electron chi connectivity index (χ2n) is 8.05. The van der Waals surface area contributed by atoms with Crippen LogP contribution in [0, 0.1) is 0 Å². The second-order valence-corrected chi connectivity index (χ2v) is 8.49. The van der Waals surface area contributed by atoms with Gasteiger partial charge in [0.05, 0.1) is 11.4 Å². The van der Waals surface area contributed by atoms with E-state index in [0.717, 1.165) is 41.4 Å². The number of benzene rings is 2. The van der Waals surface area contributed by atoms with Crippen LogP contribution in [0.5, 0.6) is 0 Å². The first-order valence-corrected chi connectivity index (χ1v) is 11.6. The van der Waals surface area contributed by atoms with Crippen molar-refractivity contribution in [2.45, 2.75) is 0 Å². The fourth-order valence-electron chi connectivity index (χ4n) is 4.02. The van der Waals surface area contributed by atoms with Gasteiger partial charge in [0.15, 0.2) is 0 Å². The van der Waals surface area contributed by atoms with E-state index in [1.165, 1.54) is 0 Å². The number of hydrogen-bond donors (Lipinski definition) is 0. The molecule has 0 N–H and O–H groups in total. The maximum absolute atomic E-state index is 12.9. The Morgan fingerprint density at radius 2 is 1.62 bits per heavy atom. The van der Waals surface area contributed by atoms with Crippen LogP contribution in [0.3, 0.4) is 0 Å². The van der Waals surface area contributed by atoms with Crippen LogP contribution in [0.4, 0.5) is 5.82 Å². The molecule has 0 aliphatic carbocycles. The van der Waals surface area contributed by atoms with Gasteiger partial charge in [0.25, 0.3) is 0 Å². The summed E-state index contributed by atoms with van der Waals surface area (Å²) in [5.41, 5.74) is 3.56. The summed E-state index contributed by atoms with van der Waals surface area (Å²) in [6.07, 6.45) is 7.23. The number of carbonyl (C=O) groups is 1. The monoisotopic (exact) mass is 469 g/mol. The van der Waals surface area contributed by atoms with Crippen molar-refractivity contribution < 1.29 is 4.79 Å². The molecule has 1 aliphatic heterocycles. The number of piperazine rings is 1. The lowest BCUT2D eigenvalue weighted by atomic mass is 10.1. The minimum absolute atomic E-state index is 0.00446. The molecule has 0 saturated carbocycles. The molecule has 7 heteroatoms. The van der Waals surface area contributed by atoms with Crippen molar-refractivity contribution in [3.63, 3.8) is 0 Å². The third kappa shape index (κ3) is 4.87. The number of anilines is 1. The van der Waals surface area contributed by atoms with Crippen LogP contribution in [0.1, 0.15) is 5.56 Å². The highest BCUT2D eigenvalue weighted by molar-refractivity contribution is 6.30. The molecule has 34 heavy (non-hydrogen) atoms. The summed E-state index contributed by atoms with van der Waals surface area (Å²) in [5, 5.41) is 5.47. The summed E-state index contributed by atoms with van der Waals surface area (Å²) in [6.45, 7) is 2.84. The molecule has 1 fully saturated rings. The highest BCUT2D eigenvalue weighted by atomic mass is 35.5. The Morgan fingerprint density at radius 3 is 2.32 bits per heavy atom. The Morgan fingerprint density at radius 1 is 0.882 bits per heavy atom. The van der Waals surface area contributed by atoms with Gasteiger partial charge in [-0.1, -0.05) is 48.0 Å². The first kappa shape index (κ1) is 21.9. The molecule has 2 aromatic carbocycles. The highest BCUT2D eigenvalue weighted by Crippen LogP contribution is 2.26. The summed E-state index contributed by atoms with van der Waals surface area (Å²) in [7, 11) is 0. The Bertz CT molecular complexity index is 1280. The zero-order valence-corrected chi connectivity index (χ0v) is 19.3. The maximum atomic E-state index is 12.9. The van der Waals surface area contributed by atoms with E-state index in [9.17, 15) is 4.79 Å². The predicted molar refractivity (Wildman–Crippen MR) is 136 cm³/mol. The van der Waals surface area contributed by atoms with E-state index in [-0.39, 0.29) is 5.91 Å². The van der Waals surface area contributed by atoms with Crippen LogP contribution in [0.15, 0.2) is 91.3 Å². The lowest BCUT2D eigenvalue weighted by Crippen LogP contribution is -2.48. The van der Waals surface area contributed by atoms with Crippen molar-refractivity contribution in [1.82, 2.24) is 19.7 Å². The topological polar surface area (TPSA) is 54.3 Å².